The topological polar surface area (TPSA) is 307 Å². The molecule has 3 aliphatic heterocycles. The lowest BCUT2D eigenvalue weighted by molar-refractivity contribution is -0.379. The van der Waals surface area contributed by atoms with Crippen LogP contribution in [0, 0.1) is 0 Å². The van der Waals surface area contributed by atoms with Gasteiger partial charge in [0.05, 0.1) is 38.6 Å². The van der Waals surface area contributed by atoms with Gasteiger partial charge in [0.25, 0.3) is 0 Å². The third-order valence-corrected chi connectivity index (χ3v) is 22.9. The molecule has 0 spiro atoms. The highest BCUT2D eigenvalue weighted by Gasteiger charge is 2.54. The Balaban J connectivity index is 1.30. The smallest absolute Gasteiger partial charge is 0.220 e. The number of hydrogen-bond donors (Lipinski definition) is 12. The summed E-state index contributed by atoms with van der Waals surface area (Å²) in [6, 6.07) is -0.993. The van der Waals surface area contributed by atoms with Crippen LogP contribution >= 0.6 is 0 Å². The van der Waals surface area contributed by atoms with E-state index in [0.717, 1.165) is 70.6 Å². The van der Waals surface area contributed by atoms with E-state index in [9.17, 15) is 61.0 Å². The Bertz CT molecular complexity index is 2380. The summed E-state index contributed by atoms with van der Waals surface area (Å²) in [6.45, 7) is 1.66. The van der Waals surface area contributed by atoms with Crippen molar-refractivity contribution >= 4 is 5.91 Å². The average molecular weight is 1620 g/mol. The molecular weight excluding hydrogens is 1440 g/mol. The lowest BCUT2D eigenvalue weighted by atomic mass is 9.96. The Kier molecular flexibility index (Phi) is 68.1. The highest BCUT2D eigenvalue weighted by atomic mass is 16.8. The fourth-order valence-corrected chi connectivity index (χ4v) is 15.5. The molecular formula is C95H171NO18. The van der Waals surface area contributed by atoms with Gasteiger partial charge in [-0.3, -0.25) is 4.79 Å². The maximum absolute atomic E-state index is 13.5. The van der Waals surface area contributed by atoms with Gasteiger partial charge in [-0.25, -0.2) is 0 Å². The molecule has 0 aromatic carbocycles. The van der Waals surface area contributed by atoms with Gasteiger partial charge in [0, 0.05) is 6.42 Å². The molecule has 17 atom stereocenters. The Hall–Kier alpha value is -3.03. The molecule has 0 aromatic heterocycles. The predicted molar refractivity (Wildman–Crippen MR) is 461 cm³/mol. The molecule has 3 rings (SSSR count). The van der Waals surface area contributed by atoms with Crippen LogP contribution < -0.4 is 5.32 Å². The molecule has 3 aliphatic rings. The normalized spacial score (nSPS) is 25.1. The van der Waals surface area contributed by atoms with Crippen molar-refractivity contribution in [3.8, 4) is 0 Å². The van der Waals surface area contributed by atoms with Gasteiger partial charge in [-0.1, -0.05) is 381 Å². The van der Waals surface area contributed by atoms with E-state index >= 15 is 0 Å². The van der Waals surface area contributed by atoms with E-state index in [2.05, 4.69) is 92.1 Å². The highest BCUT2D eigenvalue weighted by Crippen LogP contribution is 2.34. The second-order valence-electron chi connectivity index (χ2n) is 33.1. The number of amides is 1. The fourth-order valence-electron chi connectivity index (χ4n) is 15.5. The number of rotatable bonds is 76. The van der Waals surface area contributed by atoms with Gasteiger partial charge in [-0.2, -0.15) is 0 Å². The third kappa shape index (κ3) is 51.6. The number of carbonyl (C=O) groups is 1. The Labute approximate surface area is 692 Å². The zero-order valence-corrected chi connectivity index (χ0v) is 71.8. The van der Waals surface area contributed by atoms with Crippen molar-refractivity contribution in [3.63, 3.8) is 0 Å². The molecule has 0 bridgehead atoms. The summed E-state index contributed by atoms with van der Waals surface area (Å²) in [5.74, 6) is -0.279. The molecule has 19 heteroatoms. The fraction of sp³-hybridized carbons (Fsp3) is 0.842. The molecule has 0 aromatic rings. The second kappa shape index (κ2) is 73.9. The molecule has 1 amide bonds. The van der Waals surface area contributed by atoms with Crippen LogP contribution in [0.3, 0.4) is 0 Å². The lowest BCUT2D eigenvalue weighted by Crippen LogP contribution is -2.66. The van der Waals surface area contributed by atoms with Crippen LogP contribution in [0.25, 0.3) is 0 Å². The van der Waals surface area contributed by atoms with E-state index in [0.29, 0.717) is 12.8 Å². The zero-order valence-electron chi connectivity index (χ0n) is 71.8. The third-order valence-electron chi connectivity index (χ3n) is 22.9. The van der Waals surface area contributed by atoms with Gasteiger partial charge in [-0.15, -0.1) is 0 Å². The minimum absolute atomic E-state index is 0.237. The number of allylic oxidation sites excluding steroid dienone is 13. The van der Waals surface area contributed by atoms with Gasteiger partial charge in [0.1, 0.15) is 73.2 Å². The molecule has 17 unspecified atom stereocenters. The maximum atomic E-state index is 13.5. The molecule has 0 radical (unpaired) electrons. The van der Waals surface area contributed by atoms with Gasteiger partial charge in [0.2, 0.25) is 5.91 Å². The Morgan fingerprint density at radius 2 is 0.614 bits per heavy atom. The minimum atomic E-state index is -1.98. The average Bonchev–Trinajstić information content (AvgIpc) is 0.782. The lowest BCUT2D eigenvalue weighted by Gasteiger charge is -2.48. The van der Waals surface area contributed by atoms with Crippen LogP contribution in [0.5, 0.6) is 0 Å². The highest BCUT2D eigenvalue weighted by molar-refractivity contribution is 5.76. The molecule has 664 valence electrons. The van der Waals surface area contributed by atoms with Crippen molar-refractivity contribution in [1.29, 1.82) is 0 Å². The molecule has 3 saturated heterocycles. The number of aliphatic hydroxyl groups excluding tert-OH is 11. The van der Waals surface area contributed by atoms with Crippen LogP contribution in [0.2, 0.25) is 0 Å². The minimum Gasteiger partial charge on any atom is -0.394 e. The second-order valence-corrected chi connectivity index (χ2v) is 33.1. The van der Waals surface area contributed by atoms with Gasteiger partial charge in [-0.05, 0) is 77.0 Å². The standard InChI is InChI=1S/C95H171NO18/c1-3-5-7-9-11-13-15-17-19-21-23-25-27-29-31-33-34-35-36-37-38-39-40-41-42-43-44-45-47-49-51-53-55-57-59-61-63-65-67-69-71-73-83(101)96-78(79(100)72-70-68-66-64-62-60-58-56-54-52-50-48-46-32-30-28-26-24-22-20-18-16-14-12-10-8-6-4-2)77-109-93-89(107)86(104)91(81(75-98)111-93)114-95-90(108)87(105)92(82(76-99)112-95)113-94-88(106)85(103)84(102)80(74-97)110-94/h5,7,11,13,17,19,23,25,29,31,62,64,70,72,78-82,84-95,97-100,102-108H,3-4,6,8-10,12,14-16,18,20-22,24,26-28,30,32-61,63,65-69,71,73-77H2,1-2H3,(H,96,101)/b7-5-,13-11-,19-17-,25-23-,31-29-,64-62+,72-70+. The largest absolute Gasteiger partial charge is 0.394 e. The zero-order chi connectivity index (χ0) is 82.4. The first-order valence-electron chi connectivity index (χ1n) is 46.8. The van der Waals surface area contributed by atoms with Crippen LogP contribution in [-0.2, 0) is 33.2 Å². The first-order valence-corrected chi connectivity index (χ1v) is 46.8. The predicted octanol–water partition coefficient (Wildman–Crippen LogP) is 18.5. The quantitative estimate of drug-likeness (QED) is 0.0199. The number of hydrogen-bond acceptors (Lipinski definition) is 18. The summed E-state index contributed by atoms with van der Waals surface area (Å²) in [7, 11) is 0. The maximum Gasteiger partial charge on any atom is 0.220 e. The van der Waals surface area contributed by atoms with Crippen molar-refractivity contribution in [3.05, 3.63) is 85.1 Å². The summed E-state index contributed by atoms with van der Waals surface area (Å²) < 4.78 is 34.5. The number of carbonyl (C=O) groups excluding carboxylic acids is 1. The molecule has 114 heavy (non-hydrogen) atoms. The molecule has 3 heterocycles. The summed E-state index contributed by atoms with van der Waals surface area (Å²) in [4.78, 5) is 13.5. The van der Waals surface area contributed by atoms with E-state index in [-0.39, 0.29) is 18.9 Å². The van der Waals surface area contributed by atoms with Crippen LogP contribution in [0.1, 0.15) is 380 Å². The van der Waals surface area contributed by atoms with Crippen molar-refractivity contribution in [2.24, 2.45) is 0 Å². The van der Waals surface area contributed by atoms with Gasteiger partial charge < -0.3 is 89.9 Å². The first kappa shape index (κ1) is 105. The van der Waals surface area contributed by atoms with E-state index < -0.39 is 124 Å². The van der Waals surface area contributed by atoms with Crippen LogP contribution in [0.4, 0.5) is 0 Å². The van der Waals surface area contributed by atoms with E-state index in [1.807, 2.05) is 6.08 Å². The van der Waals surface area contributed by atoms with Crippen LogP contribution in [-0.4, -0.2) is 193 Å². The van der Waals surface area contributed by atoms with Crippen LogP contribution in [0.15, 0.2) is 85.1 Å². The summed E-state index contributed by atoms with van der Waals surface area (Å²) >= 11 is 0. The molecule has 3 fully saturated rings. The summed E-state index contributed by atoms with van der Waals surface area (Å²) in [5, 5.41) is 121. The van der Waals surface area contributed by atoms with Gasteiger partial charge >= 0.3 is 0 Å². The SMILES string of the molecule is CC/C=C\C/C=C\C/C=C\C/C=C\C/C=C\CCCCCCCCCCCCCCCCCCCCCCCCCCCC(=O)NC(COC1OC(CO)C(OC2OC(CO)C(OC3OC(CO)C(O)C(O)C3O)C(O)C2O)C(O)C1O)C(O)/C=C/CC/C=C/CCCCCCCCCCCCCCCCCCCCCCCC. The van der Waals surface area contributed by atoms with Gasteiger partial charge in [0.15, 0.2) is 18.9 Å². The molecule has 19 nitrogen and oxygen atoms in total. The Morgan fingerprint density at radius 3 is 0.982 bits per heavy atom. The Morgan fingerprint density at radius 1 is 0.325 bits per heavy atom. The molecule has 12 N–H and O–H groups in total. The molecule has 0 saturated carbocycles. The number of unbranched alkanes of at least 4 members (excludes halogenated alkanes) is 48. The van der Waals surface area contributed by atoms with Crippen molar-refractivity contribution in [2.45, 2.75) is 484 Å². The van der Waals surface area contributed by atoms with Crippen molar-refractivity contribution in [2.75, 3.05) is 26.4 Å². The first-order chi connectivity index (χ1) is 55.8. The molecule has 0 aliphatic carbocycles. The van der Waals surface area contributed by atoms with E-state index in [4.69, 9.17) is 28.4 Å². The van der Waals surface area contributed by atoms with E-state index in [1.54, 1.807) is 6.08 Å². The number of nitrogens with one attached hydrogen (secondary N) is 1. The van der Waals surface area contributed by atoms with Crippen molar-refractivity contribution in [1.82, 2.24) is 5.32 Å². The summed E-state index contributed by atoms with van der Waals surface area (Å²) in [6.07, 6.45) is 74.7. The van der Waals surface area contributed by atoms with E-state index in [1.165, 1.54) is 276 Å². The van der Waals surface area contributed by atoms with Crippen molar-refractivity contribution < 1.29 is 89.4 Å². The monoisotopic (exact) mass is 1610 g/mol. The summed E-state index contributed by atoms with van der Waals surface area (Å²) in [5.41, 5.74) is 0. The number of aliphatic hydroxyl groups is 11. The number of ether oxygens (including phenoxy) is 6.